The van der Waals surface area contributed by atoms with Crippen LogP contribution in [0.25, 0.3) is 11.4 Å². The number of hydrogen-bond acceptors (Lipinski definition) is 5. The summed E-state index contributed by atoms with van der Waals surface area (Å²) in [7, 11) is 1.72. The number of nitrogens with two attached hydrogens (primary N) is 1. The highest BCUT2D eigenvalue weighted by Gasteiger charge is 2.22. The summed E-state index contributed by atoms with van der Waals surface area (Å²) in [5.74, 6) is 0.340. The second-order valence-corrected chi connectivity index (χ2v) is 7.01. The molecule has 0 fully saturated rings. The van der Waals surface area contributed by atoms with E-state index >= 15 is 0 Å². The molecule has 3 N–H and O–H groups in total. The third kappa shape index (κ3) is 4.73. The van der Waals surface area contributed by atoms with Crippen LogP contribution in [-0.4, -0.2) is 45.9 Å². The van der Waals surface area contributed by atoms with Gasteiger partial charge >= 0.3 is 0 Å². The molecule has 7 heteroatoms. The molecule has 0 saturated carbocycles. The topological polar surface area (TPSA) is 105 Å². The van der Waals surface area contributed by atoms with Crippen molar-refractivity contribution in [2.24, 2.45) is 11.1 Å². The number of hydrogen-bond donors (Lipinski definition) is 2. The molecule has 0 aliphatic heterocycles. The van der Waals surface area contributed by atoms with Gasteiger partial charge in [-0.2, -0.15) is 0 Å². The monoisotopic (exact) mass is 343 g/mol. The van der Waals surface area contributed by atoms with Gasteiger partial charge in [-0.3, -0.25) is 14.6 Å². The predicted octanol–water partition coefficient (Wildman–Crippen LogP) is 1.13. The molecular weight excluding hydrogens is 318 g/mol. The summed E-state index contributed by atoms with van der Waals surface area (Å²) < 4.78 is 0. The molecule has 0 aliphatic rings. The SMILES string of the molecule is Cc1nc(-c2ccncc2)[nH]c(=O)c1CC(=O)N(C)CC(C)(C)CN. The van der Waals surface area contributed by atoms with E-state index in [1.807, 2.05) is 13.8 Å². The van der Waals surface area contributed by atoms with E-state index in [-0.39, 0.29) is 23.3 Å². The first-order valence-corrected chi connectivity index (χ1v) is 8.18. The van der Waals surface area contributed by atoms with Crippen molar-refractivity contribution in [1.29, 1.82) is 0 Å². The van der Waals surface area contributed by atoms with E-state index in [9.17, 15) is 9.59 Å². The molecule has 0 unspecified atom stereocenters. The highest BCUT2D eigenvalue weighted by Crippen LogP contribution is 2.16. The van der Waals surface area contributed by atoms with Gasteiger partial charge < -0.3 is 15.6 Å². The van der Waals surface area contributed by atoms with Gasteiger partial charge in [0.1, 0.15) is 5.82 Å². The first-order chi connectivity index (χ1) is 11.7. The number of aromatic amines is 1. The van der Waals surface area contributed by atoms with Crippen molar-refractivity contribution < 1.29 is 4.79 Å². The Morgan fingerprint density at radius 1 is 1.32 bits per heavy atom. The minimum Gasteiger partial charge on any atom is -0.345 e. The third-order valence-corrected chi connectivity index (χ3v) is 4.15. The lowest BCUT2D eigenvalue weighted by Gasteiger charge is -2.29. The molecule has 2 heterocycles. The van der Waals surface area contributed by atoms with E-state index in [4.69, 9.17) is 5.73 Å². The van der Waals surface area contributed by atoms with Crippen molar-refractivity contribution in [1.82, 2.24) is 19.9 Å². The normalized spacial score (nSPS) is 11.4. The van der Waals surface area contributed by atoms with Gasteiger partial charge in [0.05, 0.1) is 6.42 Å². The third-order valence-electron chi connectivity index (χ3n) is 4.15. The molecule has 0 bridgehead atoms. The summed E-state index contributed by atoms with van der Waals surface area (Å²) in [6.45, 7) is 6.75. The minimum atomic E-state index is -0.292. The molecule has 25 heavy (non-hydrogen) atoms. The van der Waals surface area contributed by atoms with Crippen molar-refractivity contribution in [3.63, 3.8) is 0 Å². The van der Waals surface area contributed by atoms with Crippen LogP contribution >= 0.6 is 0 Å². The standard InChI is InChI=1S/C18H25N5O2/c1-12-14(9-15(24)23(4)11-18(2,3)10-19)17(25)22-16(21-12)13-5-7-20-8-6-13/h5-8H,9-11,19H2,1-4H3,(H,21,22,25). The van der Waals surface area contributed by atoms with Crippen molar-refractivity contribution in [2.45, 2.75) is 27.2 Å². The molecule has 0 aromatic carbocycles. The number of aromatic nitrogens is 3. The largest absolute Gasteiger partial charge is 0.345 e. The fourth-order valence-electron chi connectivity index (χ4n) is 2.55. The highest BCUT2D eigenvalue weighted by atomic mass is 16.2. The molecular formula is C18H25N5O2. The molecule has 2 aromatic heterocycles. The zero-order valence-electron chi connectivity index (χ0n) is 15.2. The molecule has 2 rings (SSSR count). The van der Waals surface area contributed by atoms with E-state index in [2.05, 4.69) is 15.0 Å². The Bertz CT molecular complexity index is 799. The van der Waals surface area contributed by atoms with Gasteiger partial charge in [0.15, 0.2) is 0 Å². The van der Waals surface area contributed by atoms with E-state index in [1.54, 1.807) is 43.4 Å². The number of nitrogens with one attached hydrogen (secondary N) is 1. The number of carbonyl (C=O) groups excluding carboxylic acids is 1. The smallest absolute Gasteiger partial charge is 0.255 e. The number of H-pyrrole nitrogens is 1. The van der Waals surface area contributed by atoms with Crippen molar-refractivity contribution in [3.05, 3.63) is 46.1 Å². The van der Waals surface area contributed by atoms with Gasteiger partial charge in [0.2, 0.25) is 5.91 Å². The fraction of sp³-hybridized carbons (Fsp3) is 0.444. The van der Waals surface area contributed by atoms with Gasteiger partial charge in [0, 0.05) is 42.8 Å². The maximum Gasteiger partial charge on any atom is 0.255 e. The van der Waals surface area contributed by atoms with Gasteiger partial charge in [-0.25, -0.2) is 4.98 Å². The second-order valence-electron chi connectivity index (χ2n) is 7.01. The summed E-state index contributed by atoms with van der Waals surface area (Å²) in [5, 5.41) is 0. The minimum absolute atomic E-state index is 0.0158. The van der Waals surface area contributed by atoms with E-state index in [0.717, 1.165) is 5.56 Å². The van der Waals surface area contributed by atoms with Gasteiger partial charge in [0.25, 0.3) is 5.56 Å². The number of pyridine rings is 1. The number of aryl methyl sites for hydroxylation is 1. The molecule has 0 atom stereocenters. The Labute approximate surface area is 147 Å². The lowest BCUT2D eigenvalue weighted by atomic mass is 9.93. The Balaban J connectivity index is 2.21. The van der Waals surface area contributed by atoms with Crippen molar-refractivity contribution >= 4 is 5.91 Å². The first-order valence-electron chi connectivity index (χ1n) is 8.18. The summed E-state index contributed by atoms with van der Waals surface area (Å²) >= 11 is 0. The molecule has 1 amide bonds. The average Bonchev–Trinajstić information content (AvgIpc) is 2.58. The summed E-state index contributed by atoms with van der Waals surface area (Å²) in [6.07, 6.45) is 3.29. The predicted molar refractivity (Wildman–Crippen MR) is 97.0 cm³/mol. The van der Waals surface area contributed by atoms with Crippen LogP contribution in [0.4, 0.5) is 0 Å². The summed E-state index contributed by atoms with van der Waals surface area (Å²) in [5.41, 5.74) is 6.97. The molecule has 134 valence electrons. The lowest BCUT2D eigenvalue weighted by Crippen LogP contribution is -2.41. The zero-order valence-corrected chi connectivity index (χ0v) is 15.2. The van der Waals surface area contributed by atoms with Crippen LogP contribution in [0.2, 0.25) is 0 Å². The quantitative estimate of drug-likeness (QED) is 0.818. The molecule has 2 aromatic rings. The fourth-order valence-corrected chi connectivity index (χ4v) is 2.55. The van der Waals surface area contributed by atoms with Crippen LogP contribution in [-0.2, 0) is 11.2 Å². The molecule has 0 saturated heterocycles. The Morgan fingerprint density at radius 2 is 1.96 bits per heavy atom. The lowest BCUT2D eigenvalue weighted by molar-refractivity contribution is -0.130. The molecule has 7 nitrogen and oxygen atoms in total. The van der Waals surface area contributed by atoms with E-state index in [0.29, 0.717) is 30.2 Å². The Morgan fingerprint density at radius 3 is 2.52 bits per heavy atom. The average molecular weight is 343 g/mol. The van der Waals surface area contributed by atoms with Crippen LogP contribution in [0, 0.1) is 12.3 Å². The second kappa shape index (κ2) is 7.57. The Kier molecular flexibility index (Phi) is 5.69. The maximum absolute atomic E-state index is 12.5. The van der Waals surface area contributed by atoms with Gasteiger partial charge in [-0.05, 0) is 31.0 Å². The maximum atomic E-state index is 12.5. The van der Waals surface area contributed by atoms with Gasteiger partial charge in [-0.15, -0.1) is 0 Å². The molecule has 0 spiro atoms. The van der Waals surface area contributed by atoms with Gasteiger partial charge in [-0.1, -0.05) is 13.8 Å². The van der Waals surface area contributed by atoms with E-state index in [1.165, 1.54) is 0 Å². The highest BCUT2D eigenvalue weighted by molar-refractivity contribution is 5.78. The number of nitrogens with zero attached hydrogens (tertiary/aromatic N) is 3. The Hall–Kier alpha value is -2.54. The zero-order chi connectivity index (χ0) is 18.6. The number of rotatable bonds is 6. The van der Waals surface area contributed by atoms with Crippen LogP contribution < -0.4 is 11.3 Å². The summed E-state index contributed by atoms with van der Waals surface area (Å²) in [4.78, 5) is 37.6. The van der Waals surface area contributed by atoms with Crippen LogP contribution in [0.15, 0.2) is 29.3 Å². The number of likely N-dealkylation sites (N-methyl/N-ethyl adjacent to an activating group) is 1. The number of carbonyl (C=O) groups is 1. The molecule has 0 aliphatic carbocycles. The molecule has 0 radical (unpaired) electrons. The van der Waals surface area contributed by atoms with Crippen molar-refractivity contribution in [2.75, 3.05) is 20.1 Å². The van der Waals surface area contributed by atoms with E-state index < -0.39 is 0 Å². The van der Waals surface area contributed by atoms with Crippen LogP contribution in [0.1, 0.15) is 25.1 Å². The number of amides is 1. The van der Waals surface area contributed by atoms with Crippen molar-refractivity contribution in [3.8, 4) is 11.4 Å². The van der Waals surface area contributed by atoms with Crippen LogP contribution in [0.3, 0.4) is 0 Å². The van der Waals surface area contributed by atoms with Crippen LogP contribution in [0.5, 0.6) is 0 Å². The first kappa shape index (κ1) is 18.8. The summed E-state index contributed by atoms with van der Waals surface area (Å²) in [6, 6.07) is 3.54.